The summed E-state index contributed by atoms with van der Waals surface area (Å²) in [4.78, 5) is 0. The zero-order valence-corrected chi connectivity index (χ0v) is 17.2. The molecular weight excluding hydrogens is 390 g/mol. The van der Waals surface area contributed by atoms with Gasteiger partial charge in [0.2, 0.25) is 11.8 Å². The summed E-state index contributed by atoms with van der Waals surface area (Å²) < 4.78 is 34.1. The maximum atomic E-state index is 14.3. The summed E-state index contributed by atoms with van der Waals surface area (Å²) in [5.74, 6) is -0.726. The van der Waals surface area contributed by atoms with Crippen molar-refractivity contribution in [3.05, 3.63) is 58.9 Å². The van der Waals surface area contributed by atoms with Gasteiger partial charge in [0.1, 0.15) is 18.2 Å². The van der Waals surface area contributed by atoms with Crippen LogP contribution in [0.2, 0.25) is 0 Å². The zero-order chi connectivity index (χ0) is 21.5. The second kappa shape index (κ2) is 7.50. The monoisotopic (exact) mass is 414 g/mol. The third-order valence-electron chi connectivity index (χ3n) is 6.25. The summed E-state index contributed by atoms with van der Waals surface area (Å²) in [5, 5.41) is 25.9. The molecule has 2 aromatic heterocycles. The molecule has 0 aliphatic heterocycles. The highest BCUT2D eigenvalue weighted by molar-refractivity contribution is 5.62. The van der Waals surface area contributed by atoms with Crippen LogP contribution in [0, 0.1) is 17.0 Å². The van der Waals surface area contributed by atoms with Crippen LogP contribution in [-0.4, -0.2) is 25.5 Å². The van der Waals surface area contributed by atoms with Crippen molar-refractivity contribution in [2.24, 2.45) is 5.41 Å². The highest BCUT2D eigenvalue weighted by Crippen LogP contribution is 2.55. The van der Waals surface area contributed by atoms with E-state index >= 15 is 0 Å². The van der Waals surface area contributed by atoms with Crippen LogP contribution in [0.15, 0.2) is 28.7 Å². The van der Waals surface area contributed by atoms with E-state index in [1.165, 1.54) is 18.2 Å². The Bertz CT molecular complexity index is 1060. The maximum Gasteiger partial charge on any atom is 0.241 e. The van der Waals surface area contributed by atoms with Crippen LogP contribution in [0.5, 0.6) is 0 Å². The number of nitrogens with zero attached hydrogens (tertiary/aromatic N) is 4. The Morgan fingerprint density at radius 3 is 2.40 bits per heavy atom. The number of halogens is 2. The van der Waals surface area contributed by atoms with Gasteiger partial charge in [0, 0.05) is 11.8 Å². The lowest BCUT2D eigenvalue weighted by molar-refractivity contribution is 0.149. The van der Waals surface area contributed by atoms with Gasteiger partial charge < -0.3 is 9.52 Å². The fourth-order valence-electron chi connectivity index (χ4n) is 4.78. The van der Waals surface area contributed by atoms with E-state index < -0.39 is 17.0 Å². The average Bonchev–Trinajstić information content (AvgIpc) is 3.22. The first-order chi connectivity index (χ1) is 14.3. The summed E-state index contributed by atoms with van der Waals surface area (Å²) in [6.45, 7) is 6.08. The molecule has 0 saturated carbocycles. The lowest BCUT2D eigenvalue weighted by Crippen LogP contribution is -2.41. The van der Waals surface area contributed by atoms with E-state index in [2.05, 4.69) is 41.2 Å². The van der Waals surface area contributed by atoms with Gasteiger partial charge in [0.25, 0.3) is 0 Å². The molecule has 6 nitrogen and oxygen atoms in total. The lowest BCUT2D eigenvalue weighted by atomic mass is 9.63. The normalized spacial score (nSPS) is 19.8. The van der Waals surface area contributed by atoms with Crippen LogP contribution in [0.4, 0.5) is 8.78 Å². The number of rotatable bonds is 6. The Balaban J connectivity index is 1.82. The summed E-state index contributed by atoms with van der Waals surface area (Å²) in [5.41, 5.74) is 1.10. The Morgan fingerprint density at radius 1 is 1.07 bits per heavy atom. The van der Waals surface area contributed by atoms with Crippen molar-refractivity contribution in [1.29, 1.82) is 0 Å². The molecule has 1 N–H and O–H groups in total. The summed E-state index contributed by atoms with van der Waals surface area (Å²) in [6.07, 6.45) is 2.85. The number of hydrogen-bond acceptors (Lipinski definition) is 6. The second-order valence-corrected chi connectivity index (χ2v) is 8.52. The number of fused-ring (bicyclic) bond motifs is 1. The van der Waals surface area contributed by atoms with Crippen molar-refractivity contribution in [2.75, 3.05) is 0 Å². The zero-order valence-electron chi connectivity index (χ0n) is 17.2. The summed E-state index contributed by atoms with van der Waals surface area (Å²) in [7, 11) is 0. The molecule has 1 aliphatic rings. The molecule has 0 fully saturated rings. The van der Waals surface area contributed by atoms with Gasteiger partial charge in [-0.25, -0.2) is 8.78 Å². The van der Waals surface area contributed by atoms with Gasteiger partial charge in [-0.1, -0.05) is 33.3 Å². The van der Waals surface area contributed by atoms with E-state index in [9.17, 15) is 13.9 Å². The molecule has 0 bridgehead atoms. The van der Waals surface area contributed by atoms with E-state index in [0.29, 0.717) is 18.7 Å². The molecule has 1 atom stereocenters. The van der Waals surface area contributed by atoms with E-state index in [0.717, 1.165) is 24.1 Å². The number of aliphatic hydroxyl groups is 1. The Morgan fingerprint density at radius 2 is 1.77 bits per heavy atom. The van der Waals surface area contributed by atoms with Crippen LogP contribution < -0.4 is 0 Å². The lowest BCUT2D eigenvalue weighted by Gasteiger charge is -2.40. The standard InChI is InChI=1S/C22H24F2N4O2/c1-4-8-22(11-17-26-27-18(12-29)30-17)20-13(10-21(22,2)3)9-16(25-28-20)19-14(23)6-5-7-15(19)24/h5-7,9,29H,4,8,10-12H2,1-3H3/t22-/m1/s1. The van der Waals surface area contributed by atoms with Crippen molar-refractivity contribution < 1.29 is 18.3 Å². The average molecular weight is 414 g/mol. The van der Waals surface area contributed by atoms with Crippen LogP contribution >= 0.6 is 0 Å². The first kappa shape index (κ1) is 20.5. The van der Waals surface area contributed by atoms with Crippen molar-refractivity contribution in [3.8, 4) is 11.3 Å². The minimum absolute atomic E-state index is 0.164. The minimum atomic E-state index is -0.663. The predicted molar refractivity (Wildman–Crippen MR) is 105 cm³/mol. The van der Waals surface area contributed by atoms with E-state index in [4.69, 9.17) is 4.42 Å². The number of hydrogen-bond donors (Lipinski definition) is 1. The fraction of sp³-hybridized carbons (Fsp3) is 0.455. The first-order valence-corrected chi connectivity index (χ1v) is 10.0. The largest absolute Gasteiger partial charge is 0.423 e. The Labute approximate surface area is 173 Å². The van der Waals surface area contributed by atoms with Crippen molar-refractivity contribution in [2.45, 2.75) is 58.5 Å². The fourth-order valence-corrected chi connectivity index (χ4v) is 4.78. The minimum Gasteiger partial charge on any atom is -0.423 e. The second-order valence-electron chi connectivity index (χ2n) is 8.52. The highest BCUT2D eigenvalue weighted by Gasteiger charge is 2.54. The highest BCUT2D eigenvalue weighted by atomic mass is 19.1. The molecule has 2 heterocycles. The molecule has 0 unspecified atom stereocenters. The third kappa shape index (κ3) is 3.19. The molecule has 0 saturated heterocycles. The maximum absolute atomic E-state index is 14.3. The predicted octanol–water partition coefficient (Wildman–Crippen LogP) is 4.16. The van der Waals surface area contributed by atoms with Gasteiger partial charge >= 0.3 is 0 Å². The van der Waals surface area contributed by atoms with Crippen LogP contribution in [-0.2, 0) is 24.9 Å². The number of aliphatic hydroxyl groups excluding tert-OH is 1. The van der Waals surface area contributed by atoms with Gasteiger partial charge in [-0.15, -0.1) is 10.2 Å². The topological polar surface area (TPSA) is 84.9 Å². The molecule has 0 radical (unpaired) electrons. The van der Waals surface area contributed by atoms with Gasteiger partial charge in [0.05, 0.1) is 17.0 Å². The summed E-state index contributed by atoms with van der Waals surface area (Å²) in [6, 6.07) is 5.51. The molecule has 0 spiro atoms. The number of benzene rings is 1. The molecular formula is C22H24F2N4O2. The van der Waals surface area contributed by atoms with Crippen LogP contribution in [0.25, 0.3) is 11.3 Å². The van der Waals surface area contributed by atoms with Crippen molar-refractivity contribution in [1.82, 2.24) is 20.4 Å². The van der Waals surface area contributed by atoms with E-state index in [1.54, 1.807) is 6.07 Å². The van der Waals surface area contributed by atoms with Crippen LogP contribution in [0.1, 0.15) is 56.7 Å². The van der Waals surface area contributed by atoms with Gasteiger partial charge in [-0.2, -0.15) is 10.2 Å². The van der Waals surface area contributed by atoms with Crippen molar-refractivity contribution >= 4 is 0 Å². The van der Waals surface area contributed by atoms with Gasteiger partial charge in [-0.05, 0) is 42.0 Å². The molecule has 8 heteroatoms. The molecule has 3 aromatic rings. The van der Waals surface area contributed by atoms with Gasteiger partial charge in [-0.3, -0.25) is 0 Å². The molecule has 0 amide bonds. The van der Waals surface area contributed by atoms with E-state index in [1.807, 2.05) is 0 Å². The van der Waals surface area contributed by atoms with E-state index in [-0.39, 0.29) is 29.2 Å². The Kier molecular flexibility index (Phi) is 5.13. The van der Waals surface area contributed by atoms with Crippen LogP contribution in [0.3, 0.4) is 0 Å². The van der Waals surface area contributed by atoms with Gasteiger partial charge in [0.15, 0.2) is 0 Å². The molecule has 30 heavy (non-hydrogen) atoms. The quantitative estimate of drug-likeness (QED) is 0.652. The molecule has 1 aromatic carbocycles. The molecule has 1 aliphatic carbocycles. The SMILES string of the molecule is CCC[C@@]1(Cc2nnc(CO)o2)c2nnc(-c3c(F)cccc3F)cc2CC1(C)C. The van der Waals surface area contributed by atoms with Crippen molar-refractivity contribution in [3.63, 3.8) is 0 Å². The smallest absolute Gasteiger partial charge is 0.241 e. The third-order valence-corrected chi connectivity index (χ3v) is 6.25. The number of aromatic nitrogens is 4. The first-order valence-electron chi connectivity index (χ1n) is 10.0. The Hall–Kier alpha value is -2.74. The summed E-state index contributed by atoms with van der Waals surface area (Å²) >= 11 is 0. The molecule has 4 rings (SSSR count). The molecule has 158 valence electrons.